The molecule has 2 N–H and O–H groups in total. The van der Waals surface area contributed by atoms with Gasteiger partial charge in [-0.25, -0.2) is 4.98 Å². The topological polar surface area (TPSA) is 100 Å². The molecule has 0 atom stereocenters. The normalized spacial score (nSPS) is 13.8. The number of hydrogen-bond acceptors (Lipinski definition) is 5. The molecule has 0 saturated heterocycles. The average molecular weight is 408 g/mol. The van der Waals surface area contributed by atoms with Crippen LogP contribution in [0.1, 0.15) is 46.5 Å². The number of hydrogen-bond donors (Lipinski definition) is 2. The van der Waals surface area contributed by atoms with Gasteiger partial charge in [0.05, 0.1) is 23.0 Å². The molecule has 0 unspecified atom stereocenters. The lowest BCUT2D eigenvalue weighted by Crippen LogP contribution is -2.07. The number of aromatic amines is 2. The molecular formula is C24H20N6O. The van der Waals surface area contributed by atoms with Crippen LogP contribution < -0.4 is 0 Å². The smallest absolute Gasteiger partial charge is 0.204 e. The minimum Gasteiger partial charge on any atom is -0.335 e. The molecule has 7 nitrogen and oxygen atoms in total. The van der Waals surface area contributed by atoms with Crippen LogP contribution in [0.2, 0.25) is 0 Å². The molecule has 6 rings (SSSR count). The first-order chi connectivity index (χ1) is 15.1. The number of carbonyl (C=O) groups excluding carboxylic acids is 1. The third-order valence-electron chi connectivity index (χ3n) is 5.77. The standard InChI is InChI=1S/C24H20N6O/c1-13-3-2-4-16(26-13)10-22(31)24-27-20-11-17-19(12-21(20)28-24)29-30-23(17)15-7-8-25-18(9-15)14-5-6-14/h2-4,7-9,11-12,14H,5-6,10H2,1H3,(H,27,28)(H,29,30). The Morgan fingerprint density at radius 2 is 2.00 bits per heavy atom. The Labute approximate surface area is 178 Å². The van der Waals surface area contributed by atoms with Gasteiger partial charge < -0.3 is 4.98 Å². The van der Waals surface area contributed by atoms with Crippen LogP contribution in [0.15, 0.2) is 48.7 Å². The van der Waals surface area contributed by atoms with E-state index >= 15 is 0 Å². The molecule has 4 aromatic heterocycles. The zero-order chi connectivity index (χ0) is 20.9. The number of imidazole rings is 1. The Morgan fingerprint density at radius 1 is 1.10 bits per heavy atom. The highest BCUT2D eigenvalue weighted by atomic mass is 16.1. The predicted octanol–water partition coefficient (Wildman–Crippen LogP) is 4.51. The van der Waals surface area contributed by atoms with E-state index in [4.69, 9.17) is 0 Å². The van der Waals surface area contributed by atoms with Crippen molar-refractivity contribution < 1.29 is 4.79 Å². The molecule has 1 saturated carbocycles. The minimum absolute atomic E-state index is 0.0838. The van der Waals surface area contributed by atoms with Crippen LogP contribution in [-0.2, 0) is 6.42 Å². The first kappa shape index (κ1) is 17.9. The number of rotatable bonds is 5. The molecule has 5 aromatic rings. The minimum atomic E-state index is -0.0838. The van der Waals surface area contributed by atoms with Crippen molar-refractivity contribution in [1.29, 1.82) is 0 Å². The Bertz CT molecular complexity index is 1460. The van der Waals surface area contributed by atoms with Crippen molar-refractivity contribution in [3.05, 3.63) is 71.6 Å². The van der Waals surface area contributed by atoms with Gasteiger partial charge >= 0.3 is 0 Å². The van der Waals surface area contributed by atoms with Gasteiger partial charge in [-0.05, 0) is 56.2 Å². The van der Waals surface area contributed by atoms with Gasteiger partial charge in [-0.1, -0.05) is 6.07 Å². The van der Waals surface area contributed by atoms with Crippen molar-refractivity contribution >= 4 is 27.7 Å². The Morgan fingerprint density at radius 3 is 2.84 bits per heavy atom. The molecule has 0 aliphatic heterocycles. The second-order valence-corrected chi connectivity index (χ2v) is 8.19. The maximum absolute atomic E-state index is 12.8. The summed E-state index contributed by atoms with van der Waals surface area (Å²) < 4.78 is 0. The molecule has 1 aromatic carbocycles. The fourth-order valence-electron chi connectivity index (χ4n) is 4.02. The van der Waals surface area contributed by atoms with E-state index < -0.39 is 0 Å². The van der Waals surface area contributed by atoms with Crippen LogP contribution in [0, 0.1) is 6.92 Å². The second-order valence-electron chi connectivity index (χ2n) is 8.19. The summed E-state index contributed by atoms with van der Waals surface area (Å²) in [5.74, 6) is 0.847. The summed E-state index contributed by atoms with van der Waals surface area (Å²) in [5.41, 5.74) is 7.13. The zero-order valence-electron chi connectivity index (χ0n) is 17.0. The van der Waals surface area contributed by atoms with Gasteiger partial charge in [0, 0.05) is 40.1 Å². The van der Waals surface area contributed by atoms with Gasteiger partial charge in [0.1, 0.15) is 5.69 Å². The van der Waals surface area contributed by atoms with E-state index in [1.165, 1.54) is 12.8 Å². The summed E-state index contributed by atoms with van der Waals surface area (Å²) in [4.78, 5) is 29.4. The highest BCUT2D eigenvalue weighted by Gasteiger charge is 2.25. The monoisotopic (exact) mass is 408 g/mol. The summed E-state index contributed by atoms with van der Waals surface area (Å²) in [6.07, 6.45) is 4.49. The average Bonchev–Trinajstić information content (AvgIpc) is 3.41. The fraction of sp³-hybridized carbons (Fsp3) is 0.208. The molecule has 1 aliphatic rings. The van der Waals surface area contributed by atoms with Crippen molar-refractivity contribution in [2.45, 2.75) is 32.1 Å². The fourth-order valence-corrected chi connectivity index (χ4v) is 4.02. The van der Waals surface area contributed by atoms with E-state index in [0.29, 0.717) is 11.7 Å². The largest absolute Gasteiger partial charge is 0.335 e. The van der Waals surface area contributed by atoms with Gasteiger partial charge in [0.15, 0.2) is 5.82 Å². The maximum Gasteiger partial charge on any atom is 0.204 e. The number of H-pyrrole nitrogens is 2. The molecule has 0 bridgehead atoms. The van der Waals surface area contributed by atoms with Crippen LogP contribution in [0.4, 0.5) is 0 Å². The van der Waals surface area contributed by atoms with Crippen LogP contribution >= 0.6 is 0 Å². The summed E-state index contributed by atoms with van der Waals surface area (Å²) in [7, 11) is 0. The molecule has 152 valence electrons. The summed E-state index contributed by atoms with van der Waals surface area (Å²) >= 11 is 0. The van der Waals surface area contributed by atoms with Crippen LogP contribution in [0.5, 0.6) is 0 Å². The molecule has 1 aliphatic carbocycles. The first-order valence-corrected chi connectivity index (χ1v) is 10.4. The quantitative estimate of drug-likeness (QED) is 0.417. The third kappa shape index (κ3) is 3.28. The van der Waals surface area contributed by atoms with Crippen LogP contribution in [-0.4, -0.2) is 35.9 Å². The summed E-state index contributed by atoms with van der Waals surface area (Å²) in [5, 5.41) is 8.63. The van der Waals surface area contributed by atoms with E-state index in [2.05, 4.69) is 36.2 Å². The highest BCUT2D eigenvalue weighted by molar-refractivity contribution is 6.03. The van der Waals surface area contributed by atoms with Crippen molar-refractivity contribution in [2.24, 2.45) is 0 Å². The predicted molar refractivity (Wildman–Crippen MR) is 118 cm³/mol. The van der Waals surface area contributed by atoms with Crippen molar-refractivity contribution in [2.75, 3.05) is 0 Å². The third-order valence-corrected chi connectivity index (χ3v) is 5.77. The van der Waals surface area contributed by atoms with E-state index in [9.17, 15) is 4.79 Å². The molecule has 4 heterocycles. The Balaban J connectivity index is 1.36. The summed E-state index contributed by atoms with van der Waals surface area (Å²) in [6.45, 7) is 1.92. The number of benzene rings is 1. The van der Waals surface area contributed by atoms with Gasteiger partial charge in [-0.3, -0.25) is 19.9 Å². The Hall–Kier alpha value is -3.87. The number of fused-ring (bicyclic) bond motifs is 2. The number of nitrogens with zero attached hydrogens (tertiary/aromatic N) is 4. The lowest BCUT2D eigenvalue weighted by Gasteiger charge is -2.01. The first-order valence-electron chi connectivity index (χ1n) is 10.4. The van der Waals surface area contributed by atoms with E-state index in [1.807, 2.05) is 49.5 Å². The Kier molecular flexibility index (Phi) is 3.96. The van der Waals surface area contributed by atoms with Crippen molar-refractivity contribution in [1.82, 2.24) is 30.1 Å². The number of nitrogens with one attached hydrogen (secondary N) is 2. The number of carbonyl (C=O) groups is 1. The van der Waals surface area contributed by atoms with Crippen molar-refractivity contribution in [3.8, 4) is 11.3 Å². The highest BCUT2D eigenvalue weighted by Crippen LogP contribution is 2.40. The molecule has 1 fully saturated rings. The molecule has 0 radical (unpaired) electrons. The number of pyridine rings is 2. The zero-order valence-corrected chi connectivity index (χ0v) is 17.0. The number of aryl methyl sites for hydroxylation is 1. The maximum atomic E-state index is 12.8. The van der Waals surface area contributed by atoms with Gasteiger partial charge in [-0.2, -0.15) is 5.10 Å². The molecule has 0 amide bonds. The lowest BCUT2D eigenvalue weighted by molar-refractivity contribution is 0.0983. The second kappa shape index (κ2) is 6.84. The van der Waals surface area contributed by atoms with Gasteiger partial charge in [0.2, 0.25) is 5.78 Å². The van der Waals surface area contributed by atoms with E-state index in [-0.39, 0.29) is 12.2 Å². The summed E-state index contributed by atoms with van der Waals surface area (Å²) in [6, 6.07) is 13.7. The number of Topliss-reactive ketones (excluding diaryl/α,β-unsaturated/α-hetero) is 1. The lowest BCUT2D eigenvalue weighted by atomic mass is 10.1. The van der Waals surface area contributed by atoms with Crippen LogP contribution in [0.3, 0.4) is 0 Å². The molecule has 7 heteroatoms. The number of ketones is 1. The van der Waals surface area contributed by atoms with E-state index in [0.717, 1.165) is 50.3 Å². The SMILES string of the molecule is Cc1cccc(CC(=O)c2nc3cc4c(-c5ccnc(C6CC6)c5)n[nH]c4cc3[nH]2)n1. The van der Waals surface area contributed by atoms with E-state index in [1.54, 1.807) is 0 Å². The molecular weight excluding hydrogens is 388 g/mol. The van der Waals surface area contributed by atoms with Gasteiger partial charge in [-0.15, -0.1) is 0 Å². The molecule has 0 spiro atoms. The van der Waals surface area contributed by atoms with Crippen molar-refractivity contribution in [3.63, 3.8) is 0 Å². The van der Waals surface area contributed by atoms with Crippen LogP contribution in [0.25, 0.3) is 33.2 Å². The number of aromatic nitrogens is 6. The van der Waals surface area contributed by atoms with Gasteiger partial charge in [0.25, 0.3) is 0 Å². The molecule has 31 heavy (non-hydrogen) atoms.